The molecule has 0 saturated carbocycles. The summed E-state index contributed by atoms with van der Waals surface area (Å²) < 4.78 is 36.4. The monoisotopic (exact) mass is 300 g/mol. The van der Waals surface area contributed by atoms with Gasteiger partial charge in [0.1, 0.15) is 0 Å². The Hall–Kier alpha value is -0.300. The third kappa shape index (κ3) is 16.1. The van der Waals surface area contributed by atoms with Crippen LogP contribution >= 0.6 is 23.5 Å². The highest BCUT2D eigenvalue weighted by Crippen LogP contribution is 2.64. The van der Waals surface area contributed by atoms with Gasteiger partial charge in [0, 0.05) is 0 Å². The third-order valence-corrected chi connectivity index (χ3v) is 3.77. The van der Waals surface area contributed by atoms with E-state index >= 15 is 0 Å². The summed E-state index contributed by atoms with van der Waals surface area (Å²) in [4.78, 5) is 40.2. The van der Waals surface area contributed by atoms with Crippen LogP contribution in [0, 0.1) is 11.5 Å². The molecule has 0 saturated heterocycles. The van der Waals surface area contributed by atoms with Gasteiger partial charge in [-0.25, -0.2) is 13.7 Å². The highest BCUT2D eigenvalue weighted by atomic mass is 31.3. The van der Waals surface area contributed by atoms with Crippen molar-refractivity contribution >= 4 is 23.5 Å². The number of rotatable bonds is 4. The van der Waals surface area contributed by atoms with Crippen LogP contribution in [0.5, 0.6) is 0 Å². The SMILES string of the molecule is N#CN.O=P(O)(O)OP(=O)(O)OP(=O)(O)O. The van der Waals surface area contributed by atoms with Crippen molar-refractivity contribution in [2.45, 2.75) is 0 Å². The topological polar surface area (TPSA) is 221 Å². The second kappa shape index (κ2) is 6.44. The van der Waals surface area contributed by atoms with Crippen LogP contribution in [0.25, 0.3) is 0 Å². The van der Waals surface area contributed by atoms with Gasteiger partial charge in [-0.05, 0) is 0 Å². The number of hydrogen-bond acceptors (Lipinski definition) is 7. The minimum Gasteiger partial charge on any atom is -0.337 e. The number of hydrogen-bond donors (Lipinski definition) is 6. The number of nitrogens with zero attached hydrogens (tertiary/aromatic N) is 1. The van der Waals surface area contributed by atoms with Crippen molar-refractivity contribution in [3.63, 3.8) is 0 Å². The normalized spacial score (nSPS) is 12.2. The summed E-state index contributed by atoms with van der Waals surface area (Å²) >= 11 is 0. The molecule has 0 aromatic carbocycles. The van der Waals surface area contributed by atoms with Gasteiger partial charge in [0.15, 0.2) is 6.19 Å². The Morgan fingerprint density at radius 2 is 1.12 bits per heavy atom. The van der Waals surface area contributed by atoms with E-state index in [-0.39, 0.29) is 0 Å². The predicted octanol–water partition coefficient (Wildman–Crippen LogP) is -1.27. The van der Waals surface area contributed by atoms with E-state index in [9.17, 15) is 13.7 Å². The molecule has 0 fully saturated rings. The maximum Gasteiger partial charge on any atom is 0.490 e. The van der Waals surface area contributed by atoms with Crippen molar-refractivity contribution in [1.29, 1.82) is 5.26 Å². The zero-order valence-corrected chi connectivity index (χ0v) is 9.83. The second-order valence-electron chi connectivity index (χ2n) is 1.74. The molecule has 0 unspecified atom stereocenters. The number of nitrogens with two attached hydrogens (primary N) is 1. The Morgan fingerprint density at radius 1 is 0.938 bits per heavy atom. The van der Waals surface area contributed by atoms with Crippen LogP contribution in [0.4, 0.5) is 0 Å². The molecular weight excluding hydrogens is 293 g/mol. The van der Waals surface area contributed by atoms with Gasteiger partial charge in [-0.2, -0.15) is 13.9 Å². The lowest BCUT2D eigenvalue weighted by Crippen LogP contribution is -1.91. The minimum atomic E-state index is -5.46. The first kappa shape index (κ1) is 18.1. The van der Waals surface area contributed by atoms with Crippen molar-refractivity contribution in [3.8, 4) is 6.19 Å². The first-order valence-corrected chi connectivity index (χ1v) is 7.35. The van der Waals surface area contributed by atoms with Crippen molar-refractivity contribution in [2.24, 2.45) is 5.73 Å². The van der Waals surface area contributed by atoms with Crippen LogP contribution in [-0.4, -0.2) is 24.5 Å². The largest absolute Gasteiger partial charge is 0.490 e. The van der Waals surface area contributed by atoms with Gasteiger partial charge >= 0.3 is 23.5 Å². The lowest BCUT2D eigenvalue weighted by molar-refractivity contribution is 0.204. The minimum absolute atomic E-state index is 1.25. The second-order valence-corrected chi connectivity index (χ2v) is 5.95. The lowest BCUT2D eigenvalue weighted by Gasteiger charge is -2.11. The van der Waals surface area contributed by atoms with E-state index in [2.05, 4.69) is 14.4 Å². The zero-order valence-electron chi connectivity index (χ0n) is 7.14. The molecule has 0 amide bonds. The summed E-state index contributed by atoms with van der Waals surface area (Å²) in [5, 5.41) is 7.10. The smallest absolute Gasteiger partial charge is 0.337 e. The van der Waals surface area contributed by atoms with Gasteiger partial charge in [0.2, 0.25) is 0 Å². The third-order valence-electron chi connectivity index (χ3n) is 0.419. The van der Waals surface area contributed by atoms with E-state index in [0.29, 0.717) is 0 Å². The summed E-state index contributed by atoms with van der Waals surface area (Å²) in [6, 6.07) is 0. The molecule has 0 radical (unpaired) electrons. The van der Waals surface area contributed by atoms with Crippen LogP contribution in [-0.2, 0) is 22.3 Å². The molecule has 0 rings (SSSR count). The molecule has 12 nitrogen and oxygen atoms in total. The van der Waals surface area contributed by atoms with Gasteiger partial charge < -0.3 is 30.2 Å². The zero-order chi connectivity index (χ0) is 13.6. The molecule has 0 bridgehead atoms. The van der Waals surface area contributed by atoms with Gasteiger partial charge in [0.05, 0.1) is 0 Å². The highest BCUT2D eigenvalue weighted by Gasteiger charge is 2.38. The molecule has 0 aliphatic rings. The van der Waals surface area contributed by atoms with Crippen LogP contribution in [0.2, 0.25) is 0 Å². The molecule has 0 heterocycles. The first-order chi connectivity index (χ1) is 6.83. The van der Waals surface area contributed by atoms with E-state index in [1.807, 2.05) is 0 Å². The molecule has 16 heavy (non-hydrogen) atoms. The van der Waals surface area contributed by atoms with Gasteiger partial charge in [-0.1, -0.05) is 0 Å². The molecule has 15 heteroatoms. The highest BCUT2D eigenvalue weighted by molar-refractivity contribution is 7.66. The van der Waals surface area contributed by atoms with Gasteiger partial charge in [-0.3, -0.25) is 0 Å². The van der Waals surface area contributed by atoms with Crippen LogP contribution in [0.3, 0.4) is 0 Å². The fourth-order valence-electron chi connectivity index (χ4n) is 0.284. The Morgan fingerprint density at radius 3 is 1.25 bits per heavy atom. The van der Waals surface area contributed by atoms with E-state index in [0.717, 1.165) is 0 Å². The quantitative estimate of drug-likeness (QED) is 0.203. The average Bonchev–Trinajstić information content (AvgIpc) is 1.73. The number of phosphoric acid groups is 3. The molecule has 0 aromatic rings. The molecule has 0 aromatic heterocycles. The van der Waals surface area contributed by atoms with Gasteiger partial charge in [0.25, 0.3) is 0 Å². The molecule has 96 valence electrons. The maximum absolute atomic E-state index is 10.4. The summed E-state index contributed by atoms with van der Waals surface area (Å²) in [5.41, 5.74) is 4.15. The Kier molecular flexibility index (Phi) is 7.27. The van der Waals surface area contributed by atoms with Crippen molar-refractivity contribution in [2.75, 3.05) is 0 Å². The Balaban J connectivity index is 0. The van der Waals surface area contributed by atoms with Crippen LogP contribution in [0.1, 0.15) is 0 Å². The molecule has 7 N–H and O–H groups in total. The Bertz CT molecular complexity index is 355. The summed E-state index contributed by atoms with van der Waals surface area (Å²) in [6.45, 7) is 0. The summed E-state index contributed by atoms with van der Waals surface area (Å²) in [6.07, 6.45) is 1.25. The molecule has 0 aliphatic carbocycles. The maximum atomic E-state index is 10.4. The van der Waals surface area contributed by atoms with Gasteiger partial charge in [-0.15, -0.1) is 0 Å². The van der Waals surface area contributed by atoms with Crippen molar-refractivity contribution in [1.82, 2.24) is 0 Å². The van der Waals surface area contributed by atoms with Crippen molar-refractivity contribution in [3.05, 3.63) is 0 Å². The standard InChI is InChI=1S/CH2N2.H5O10P3/c2-1-3;1-11(2,3)9-13(7,8)10-12(4,5)6/h2H2;(H,7,8)(H2,1,2,3)(H2,4,5,6). The lowest BCUT2D eigenvalue weighted by atomic mass is 11.5. The Labute approximate surface area is 88.3 Å². The van der Waals surface area contributed by atoms with Crippen molar-refractivity contribution < 1.29 is 46.8 Å². The molecule has 0 atom stereocenters. The van der Waals surface area contributed by atoms with E-state index in [4.69, 9.17) is 29.7 Å². The molecule has 0 aliphatic heterocycles. The van der Waals surface area contributed by atoms with E-state index in [1.165, 1.54) is 6.19 Å². The molecule has 0 spiro atoms. The summed E-state index contributed by atoms with van der Waals surface area (Å²) in [5.74, 6) is 0. The average molecular weight is 300 g/mol. The summed E-state index contributed by atoms with van der Waals surface area (Å²) in [7, 11) is -16.2. The van der Waals surface area contributed by atoms with Crippen LogP contribution in [0.15, 0.2) is 0 Å². The fourth-order valence-corrected chi connectivity index (χ4v) is 2.82. The first-order valence-electron chi connectivity index (χ1n) is 2.79. The predicted molar refractivity (Wildman–Crippen MR) is 45.9 cm³/mol. The van der Waals surface area contributed by atoms with E-state index < -0.39 is 23.5 Å². The van der Waals surface area contributed by atoms with E-state index in [1.54, 1.807) is 0 Å². The molecular formula is CH7N2O10P3. The fraction of sp³-hybridized carbons (Fsp3) is 0. The van der Waals surface area contributed by atoms with Crippen LogP contribution < -0.4 is 5.73 Å². The number of nitriles is 1.